The maximum Gasteiger partial charge on any atom is 0.407 e. The predicted molar refractivity (Wildman–Crippen MR) is 125 cm³/mol. The first-order valence-corrected chi connectivity index (χ1v) is 11.4. The number of amides is 1. The van der Waals surface area contributed by atoms with Gasteiger partial charge < -0.3 is 10.1 Å². The summed E-state index contributed by atoms with van der Waals surface area (Å²) < 4.78 is 5.56. The molecule has 0 spiro atoms. The second kappa shape index (κ2) is 9.68. The number of hydrogen-bond donors (Lipinski definition) is 1. The molecule has 0 saturated carbocycles. The molecule has 4 heteroatoms. The zero-order valence-corrected chi connectivity index (χ0v) is 17.8. The van der Waals surface area contributed by atoms with Gasteiger partial charge in [0.1, 0.15) is 6.61 Å². The van der Waals surface area contributed by atoms with Crippen molar-refractivity contribution >= 4 is 23.9 Å². The van der Waals surface area contributed by atoms with Crippen LogP contribution in [0.15, 0.2) is 83.8 Å². The van der Waals surface area contributed by atoms with Crippen LogP contribution in [0.5, 0.6) is 0 Å². The van der Waals surface area contributed by atoms with Gasteiger partial charge in [-0.15, -0.1) is 11.8 Å². The molecule has 0 radical (unpaired) electrons. The maximum absolute atomic E-state index is 12.2. The Kier molecular flexibility index (Phi) is 6.55. The van der Waals surface area contributed by atoms with E-state index in [0.29, 0.717) is 13.2 Å². The van der Waals surface area contributed by atoms with Crippen molar-refractivity contribution in [1.82, 2.24) is 5.32 Å². The summed E-state index contributed by atoms with van der Waals surface area (Å²) in [4.78, 5) is 13.4. The van der Waals surface area contributed by atoms with E-state index in [1.54, 1.807) is 11.8 Å². The summed E-state index contributed by atoms with van der Waals surface area (Å²) in [5, 5.41) is 2.85. The van der Waals surface area contributed by atoms with Crippen LogP contribution in [0.4, 0.5) is 4.79 Å². The standard InChI is InChI=1S/C26H25NO2S/c1-30-25-16-7-2-10-19(25)11-8-9-17-27-26(28)29-18-24-22-14-5-3-12-20(22)21-13-4-6-15-23(21)24/h2-8,10-16,24H,9,17-18H2,1H3,(H,27,28). The zero-order chi connectivity index (χ0) is 20.8. The summed E-state index contributed by atoms with van der Waals surface area (Å²) in [5.41, 5.74) is 6.12. The Morgan fingerprint density at radius 3 is 2.30 bits per heavy atom. The Morgan fingerprint density at radius 2 is 1.60 bits per heavy atom. The van der Waals surface area contributed by atoms with Crippen molar-refractivity contribution in [2.24, 2.45) is 0 Å². The first-order chi connectivity index (χ1) is 14.8. The number of alkyl carbamates (subject to hydrolysis) is 1. The first-order valence-electron chi connectivity index (χ1n) is 10.2. The summed E-state index contributed by atoms with van der Waals surface area (Å²) >= 11 is 1.73. The molecule has 1 aliphatic carbocycles. The summed E-state index contributed by atoms with van der Waals surface area (Å²) in [6, 6.07) is 25.0. The fourth-order valence-electron chi connectivity index (χ4n) is 3.92. The van der Waals surface area contributed by atoms with Gasteiger partial charge in [0.2, 0.25) is 0 Å². The highest BCUT2D eigenvalue weighted by Crippen LogP contribution is 2.44. The minimum absolute atomic E-state index is 0.0890. The number of thioether (sulfide) groups is 1. The molecule has 30 heavy (non-hydrogen) atoms. The molecule has 0 unspecified atom stereocenters. The Morgan fingerprint density at radius 1 is 0.967 bits per heavy atom. The van der Waals surface area contributed by atoms with Crippen molar-refractivity contribution in [3.63, 3.8) is 0 Å². The average Bonchev–Trinajstić information content (AvgIpc) is 3.11. The van der Waals surface area contributed by atoms with E-state index in [0.717, 1.165) is 6.42 Å². The minimum Gasteiger partial charge on any atom is -0.449 e. The van der Waals surface area contributed by atoms with Gasteiger partial charge in [-0.3, -0.25) is 0 Å². The number of carbonyl (C=O) groups excluding carboxylic acids is 1. The van der Waals surface area contributed by atoms with Gasteiger partial charge in [0.05, 0.1) is 0 Å². The van der Waals surface area contributed by atoms with Crippen LogP contribution in [0.25, 0.3) is 17.2 Å². The third kappa shape index (κ3) is 4.44. The quantitative estimate of drug-likeness (QED) is 0.361. The molecule has 1 N–H and O–H groups in total. The molecule has 0 aromatic heterocycles. The first kappa shape index (κ1) is 20.3. The molecule has 0 saturated heterocycles. The number of fused-ring (bicyclic) bond motifs is 3. The minimum atomic E-state index is -0.366. The molecule has 0 fully saturated rings. The fourth-order valence-corrected chi connectivity index (χ4v) is 4.51. The van der Waals surface area contributed by atoms with Crippen molar-refractivity contribution in [3.8, 4) is 11.1 Å². The molecule has 0 bridgehead atoms. The lowest BCUT2D eigenvalue weighted by Gasteiger charge is -2.14. The summed E-state index contributed by atoms with van der Waals surface area (Å²) in [6.45, 7) is 0.894. The molecular formula is C26H25NO2S. The van der Waals surface area contributed by atoms with Gasteiger partial charge in [-0.25, -0.2) is 4.79 Å². The number of ether oxygens (including phenoxy) is 1. The Bertz CT molecular complexity index is 1010. The number of carbonyl (C=O) groups is 1. The third-order valence-corrected chi connectivity index (χ3v) is 6.17. The second-order valence-corrected chi connectivity index (χ2v) is 8.03. The Labute approximate surface area is 182 Å². The lowest BCUT2D eigenvalue weighted by atomic mass is 9.98. The van der Waals surface area contributed by atoms with Crippen molar-refractivity contribution in [2.75, 3.05) is 19.4 Å². The molecule has 0 atom stereocenters. The lowest BCUT2D eigenvalue weighted by Crippen LogP contribution is -2.26. The molecule has 1 aliphatic rings. The van der Waals surface area contributed by atoms with E-state index in [4.69, 9.17) is 4.74 Å². The summed E-state index contributed by atoms with van der Waals surface area (Å²) in [7, 11) is 0. The normalized spacial score (nSPS) is 12.6. The molecule has 3 aromatic rings. The Balaban J connectivity index is 1.28. The van der Waals surface area contributed by atoms with E-state index in [1.807, 2.05) is 24.3 Å². The molecular weight excluding hydrogens is 390 g/mol. The van der Waals surface area contributed by atoms with Gasteiger partial charge in [0.15, 0.2) is 0 Å². The van der Waals surface area contributed by atoms with Gasteiger partial charge in [-0.2, -0.15) is 0 Å². The van der Waals surface area contributed by atoms with Gasteiger partial charge in [0, 0.05) is 17.4 Å². The highest BCUT2D eigenvalue weighted by Gasteiger charge is 2.28. The van der Waals surface area contributed by atoms with Crippen LogP contribution in [0, 0.1) is 0 Å². The predicted octanol–water partition coefficient (Wildman–Crippen LogP) is 6.35. The van der Waals surface area contributed by atoms with E-state index in [2.05, 4.69) is 72.3 Å². The van der Waals surface area contributed by atoms with Crippen molar-refractivity contribution < 1.29 is 9.53 Å². The molecule has 0 heterocycles. The van der Waals surface area contributed by atoms with Crippen LogP contribution in [0.2, 0.25) is 0 Å². The third-order valence-electron chi connectivity index (χ3n) is 5.36. The molecule has 0 aliphatic heterocycles. The molecule has 3 aromatic carbocycles. The smallest absolute Gasteiger partial charge is 0.407 e. The van der Waals surface area contributed by atoms with Crippen LogP contribution in [-0.2, 0) is 4.74 Å². The monoisotopic (exact) mass is 415 g/mol. The number of hydrogen-bond acceptors (Lipinski definition) is 3. The van der Waals surface area contributed by atoms with Crippen LogP contribution in [0.1, 0.15) is 29.0 Å². The fraction of sp³-hybridized carbons (Fsp3) is 0.192. The van der Waals surface area contributed by atoms with Crippen LogP contribution in [-0.4, -0.2) is 25.5 Å². The molecule has 3 nitrogen and oxygen atoms in total. The molecule has 1 amide bonds. The van der Waals surface area contributed by atoms with Crippen molar-refractivity contribution in [1.29, 1.82) is 0 Å². The topological polar surface area (TPSA) is 38.3 Å². The molecule has 4 rings (SSSR count). The number of nitrogens with one attached hydrogen (secondary N) is 1. The van der Waals surface area contributed by atoms with E-state index >= 15 is 0 Å². The average molecular weight is 416 g/mol. The summed E-state index contributed by atoms with van der Waals surface area (Å²) in [5.74, 6) is 0.0890. The maximum atomic E-state index is 12.2. The zero-order valence-electron chi connectivity index (χ0n) is 17.0. The highest BCUT2D eigenvalue weighted by molar-refractivity contribution is 7.98. The van der Waals surface area contributed by atoms with Gasteiger partial charge in [0.25, 0.3) is 0 Å². The van der Waals surface area contributed by atoms with Crippen LogP contribution < -0.4 is 5.32 Å². The van der Waals surface area contributed by atoms with Gasteiger partial charge in [-0.1, -0.05) is 78.9 Å². The Hall–Kier alpha value is -2.98. The van der Waals surface area contributed by atoms with Crippen molar-refractivity contribution in [3.05, 3.63) is 95.6 Å². The lowest BCUT2D eigenvalue weighted by molar-refractivity contribution is 0.143. The van der Waals surface area contributed by atoms with E-state index in [-0.39, 0.29) is 12.0 Å². The van der Waals surface area contributed by atoms with Crippen LogP contribution in [0.3, 0.4) is 0 Å². The van der Waals surface area contributed by atoms with E-state index in [1.165, 1.54) is 32.7 Å². The summed E-state index contributed by atoms with van der Waals surface area (Å²) in [6.07, 6.45) is 6.65. The largest absolute Gasteiger partial charge is 0.449 e. The number of benzene rings is 3. The second-order valence-electron chi connectivity index (χ2n) is 7.19. The number of rotatable bonds is 7. The van der Waals surface area contributed by atoms with Gasteiger partial charge >= 0.3 is 6.09 Å². The molecule has 152 valence electrons. The highest BCUT2D eigenvalue weighted by atomic mass is 32.2. The van der Waals surface area contributed by atoms with Crippen molar-refractivity contribution in [2.45, 2.75) is 17.2 Å². The SMILES string of the molecule is CSc1ccccc1C=CCCNC(=O)OCC1c2ccccc2-c2ccccc21. The van der Waals surface area contributed by atoms with Crippen LogP contribution >= 0.6 is 11.8 Å². The van der Waals surface area contributed by atoms with E-state index in [9.17, 15) is 4.79 Å². The van der Waals surface area contributed by atoms with E-state index < -0.39 is 0 Å². The van der Waals surface area contributed by atoms with Gasteiger partial charge in [-0.05, 0) is 46.6 Å².